The van der Waals surface area contributed by atoms with Crippen molar-refractivity contribution in [1.29, 1.82) is 0 Å². The summed E-state index contributed by atoms with van der Waals surface area (Å²) in [5.74, 6) is -1.27. The topological polar surface area (TPSA) is 149 Å². The summed E-state index contributed by atoms with van der Waals surface area (Å²) < 4.78 is 5.42. The highest BCUT2D eigenvalue weighted by molar-refractivity contribution is 6.31. The number of nitrogens with one attached hydrogen (secondary N) is 1. The number of nitrogens with zero attached hydrogens (tertiary/aromatic N) is 5. The fourth-order valence-electron chi connectivity index (χ4n) is 6.37. The number of benzene rings is 3. The van der Waals surface area contributed by atoms with Crippen molar-refractivity contribution in [3.05, 3.63) is 95.5 Å². The summed E-state index contributed by atoms with van der Waals surface area (Å²) in [6.45, 7) is 5.13. The van der Waals surface area contributed by atoms with Gasteiger partial charge in [-0.05, 0) is 48.7 Å². The SMILES string of the molecule is CCCCCN(CCCCC)C(=O)N1CCN(C(=O)N(c2ccccc2)c2cccc(Cl)c2)[C@H](C(=O)NCCN(CC(N)=O)C(=O)OCc2ccccc2)C1. The quantitative estimate of drug-likeness (QED) is 0.139. The van der Waals surface area contributed by atoms with E-state index in [2.05, 4.69) is 19.2 Å². The second-order valence-electron chi connectivity index (χ2n) is 13.5. The number of amides is 7. The zero-order valence-electron chi connectivity index (χ0n) is 31.9. The van der Waals surface area contributed by atoms with Crippen LogP contribution < -0.4 is 16.0 Å². The van der Waals surface area contributed by atoms with Crippen LogP contribution in [-0.4, -0.2) is 108 Å². The van der Waals surface area contributed by atoms with Crippen LogP contribution in [0.15, 0.2) is 84.9 Å². The molecular weight excluding hydrogens is 722 g/mol. The molecule has 3 aromatic rings. The standard InChI is InChI=1S/C41H54ClN7O6/c1-3-5-13-23-45(24-14-6-4-2)39(52)46-26-27-48(40(53)49(34-19-11-8-12-20-34)35-21-15-18-33(42)28-35)36(29-46)38(51)44-22-25-47(30-37(43)50)41(54)55-31-32-16-9-7-10-17-32/h7-12,15-21,28,36H,3-6,13-14,22-27,29-31H2,1-2H3,(H2,43,50)(H,44,51)/t36-/m0/s1. The summed E-state index contributed by atoms with van der Waals surface area (Å²) in [5, 5.41) is 3.28. The lowest BCUT2D eigenvalue weighted by molar-refractivity contribution is -0.127. The average molecular weight is 776 g/mol. The van der Waals surface area contributed by atoms with Gasteiger partial charge in [-0.3, -0.25) is 19.4 Å². The normalized spacial score (nSPS) is 13.8. The molecule has 0 spiro atoms. The van der Waals surface area contributed by atoms with E-state index in [1.807, 2.05) is 41.3 Å². The maximum Gasteiger partial charge on any atom is 0.410 e. The lowest BCUT2D eigenvalue weighted by Gasteiger charge is -2.43. The molecule has 55 heavy (non-hydrogen) atoms. The molecule has 1 fully saturated rings. The zero-order chi connectivity index (χ0) is 39.6. The van der Waals surface area contributed by atoms with E-state index >= 15 is 0 Å². The third-order valence-electron chi connectivity index (χ3n) is 9.30. The largest absolute Gasteiger partial charge is 0.445 e. The van der Waals surface area contributed by atoms with Crippen LogP contribution in [0.25, 0.3) is 0 Å². The maximum absolute atomic E-state index is 14.7. The van der Waals surface area contributed by atoms with Gasteiger partial charge in [-0.25, -0.2) is 14.4 Å². The Morgan fingerprint density at radius 1 is 0.782 bits per heavy atom. The minimum atomic E-state index is -1.08. The third-order valence-corrected chi connectivity index (χ3v) is 9.53. The fourth-order valence-corrected chi connectivity index (χ4v) is 6.56. The number of primary amides is 1. The average Bonchev–Trinajstić information content (AvgIpc) is 3.19. The number of carbonyl (C=O) groups excluding carboxylic acids is 5. The number of nitrogens with two attached hydrogens (primary N) is 1. The Morgan fingerprint density at radius 3 is 2.04 bits per heavy atom. The van der Waals surface area contributed by atoms with Crippen LogP contribution in [0.5, 0.6) is 0 Å². The predicted molar refractivity (Wildman–Crippen MR) is 214 cm³/mol. The van der Waals surface area contributed by atoms with Gasteiger partial charge in [-0.1, -0.05) is 106 Å². The number of ether oxygens (including phenoxy) is 1. The summed E-state index contributed by atoms with van der Waals surface area (Å²) in [7, 11) is 0. The highest BCUT2D eigenvalue weighted by Gasteiger charge is 2.40. The first-order valence-electron chi connectivity index (χ1n) is 19.1. The van der Waals surface area contributed by atoms with Gasteiger partial charge in [0.25, 0.3) is 0 Å². The van der Waals surface area contributed by atoms with E-state index in [1.165, 1.54) is 9.80 Å². The van der Waals surface area contributed by atoms with E-state index in [-0.39, 0.29) is 45.4 Å². The Morgan fingerprint density at radius 2 is 1.42 bits per heavy atom. The molecule has 1 aliphatic heterocycles. The number of halogens is 1. The first kappa shape index (κ1) is 42.4. The van der Waals surface area contributed by atoms with Gasteiger partial charge in [0.05, 0.1) is 17.9 Å². The highest BCUT2D eigenvalue weighted by atomic mass is 35.5. The van der Waals surface area contributed by atoms with Crippen LogP contribution in [0.1, 0.15) is 57.9 Å². The maximum atomic E-state index is 14.7. The molecule has 4 rings (SSSR count). The summed E-state index contributed by atoms with van der Waals surface area (Å²) >= 11 is 6.38. The number of carbonyl (C=O) groups is 5. The zero-order valence-corrected chi connectivity index (χ0v) is 32.7. The van der Waals surface area contributed by atoms with Crippen molar-refractivity contribution < 1.29 is 28.7 Å². The van der Waals surface area contributed by atoms with Gasteiger partial charge in [0.1, 0.15) is 19.2 Å². The van der Waals surface area contributed by atoms with Gasteiger partial charge >= 0.3 is 18.2 Å². The van der Waals surface area contributed by atoms with Crippen molar-refractivity contribution in [2.45, 2.75) is 65.0 Å². The molecule has 3 aromatic carbocycles. The van der Waals surface area contributed by atoms with Gasteiger partial charge in [0.2, 0.25) is 11.8 Å². The first-order chi connectivity index (χ1) is 26.6. The van der Waals surface area contributed by atoms with Gasteiger partial charge in [0, 0.05) is 44.3 Å². The van der Waals surface area contributed by atoms with Crippen molar-refractivity contribution in [1.82, 2.24) is 24.9 Å². The van der Waals surface area contributed by atoms with E-state index in [1.54, 1.807) is 53.4 Å². The Kier molecular flexibility index (Phi) is 17.1. The van der Waals surface area contributed by atoms with Gasteiger partial charge in [-0.2, -0.15) is 0 Å². The van der Waals surface area contributed by atoms with Crippen LogP contribution in [0, 0.1) is 0 Å². The van der Waals surface area contributed by atoms with E-state index in [4.69, 9.17) is 22.1 Å². The number of anilines is 2. The van der Waals surface area contributed by atoms with E-state index in [0.29, 0.717) is 29.5 Å². The molecular formula is C41H54ClN7O6. The minimum absolute atomic E-state index is 0.0112. The number of para-hydroxylation sites is 1. The smallest absolute Gasteiger partial charge is 0.410 e. The van der Waals surface area contributed by atoms with Crippen LogP contribution in [0.3, 0.4) is 0 Å². The van der Waals surface area contributed by atoms with Crippen molar-refractivity contribution in [2.75, 3.05) is 57.3 Å². The van der Waals surface area contributed by atoms with Crippen LogP contribution in [-0.2, 0) is 20.9 Å². The van der Waals surface area contributed by atoms with E-state index in [0.717, 1.165) is 49.0 Å². The number of unbranched alkanes of at least 4 members (excludes halogenated alkanes) is 4. The molecule has 7 amide bonds. The molecule has 1 atom stereocenters. The predicted octanol–water partition coefficient (Wildman–Crippen LogP) is 6.63. The molecule has 0 unspecified atom stereocenters. The lowest BCUT2D eigenvalue weighted by atomic mass is 10.1. The highest BCUT2D eigenvalue weighted by Crippen LogP contribution is 2.30. The van der Waals surface area contributed by atoms with Crippen molar-refractivity contribution >= 4 is 52.9 Å². The van der Waals surface area contributed by atoms with Crippen LogP contribution in [0.4, 0.5) is 25.8 Å². The summed E-state index contributed by atoms with van der Waals surface area (Å²) in [4.78, 5) is 75.4. The molecule has 1 aliphatic rings. The van der Waals surface area contributed by atoms with Gasteiger partial charge in [0.15, 0.2) is 0 Å². The summed E-state index contributed by atoms with van der Waals surface area (Å²) in [6.07, 6.45) is 5.01. The van der Waals surface area contributed by atoms with E-state index < -0.39 is 36.5 Å². The van der Waals surface area contributed by atoms with Gasteiger partial charge in [-0.15, -0.1) is 0 Å². The number of piperazine rings is 1. The second-order valence-corrected chi connectivity index (χ2v) is 13.9. The molecule has 13 nitrogen and oxygen atoms in total. The monoisotopic (exact) mass is 775 g/mol. The molecule has 296 valence electrons. The minimum Gasteiger partial charge on any atom is -0.445 e. The molecule has 1 heterocycles. The second kappa shape index (κ2) is 22.2. The molecule has 0 saturated carbocycles. The van der Waals surface area contributed by atoms with Gasteiger partial charge < -0.3 is 30.5 Å². The molecule has 14 heteroatoms. The number of hydrogen-bond acceptors (Lipinski definition) is 6. The fraction of sp³-hybridized carbons (Fsp3) is 0.439. The van der Waals surface area contributed by atoms with E-state index in [9.17, 15) is 24.0 Å². The molecule has 0 radical (unpaired) electrons. The molecule has 0 aliphatic carbocycles. The number of hydrogen-bond donors (Lipinski definition) is 2. The number of urea groups is 2. The first-order valence-corrected chi connectivity index (χ1v) is 19.5. The van der Waals surface area contributed by atoms with Crippen molar-refractivity contribution in [3.8, 4) is 0 Å². The molecule has 0 aromatic heterocycles. The molecule has 3 N–H and O–H groups in total. The Hall–Kier alpha value is -5.30. The lowest BCUT2D eigenvalue weighted by Crippen LogP contribution is -2.64. The Balaban J connectivity index is 1.57. The Bertz CT molecular complexity index is 1690. The Labute approximate surface area is 329 Å². The third kappa shape index (κ3) is 12.9. The van der Waals surface area contributed by atoms with Crippen LogP contribution >= 0.6 is 11.6 Å². The van der Waals surface area contributed by atoms with Crippen LogP contribution in [0.2, 0.25) is 5.02 Å². The number of rotatable bonds is 18. The summed E-state index contributed by atoms with van der Waals surface area (Å²) in [6, 6.07) is 23.3. The van der Waals surface area contributed by atoms with Crippen molar-refractivity contribution in [3.63, 3.8) is 0 Å². The molecule has 0 bridgehead atoms. The summed E-state index contributed by atoms with van der Waals surface area (Å²) in [5.41, 5.74) is 7.29. The van der Waals surface area contributed by atoms with Crippen molar-refractivity contribution in [2.24, 2.45) is 5.73 Å². The molecule has 1 saturated heterocycles.